The minimum absolute atomic E-state index is 0.626. The molecule has 1 aromatic carbocycles. The first-order chi connectivity index (χ1) is 8.84. The Kier molecular flexibility index (Phi) is 3.52. The molecule has 3 heteroatoms. The van der Waals surface area contributed by atoms with E-state index in [1.807, 2.05) is 0 Å². The largest absolute Gasteiger partial charge is 0.493 e. The van der Waals surface area contributed by atoms with Gasteiger partial charge in [0.1, 0.15) is 5.75 Å². The molecule has 0 aliphatic carbocycles. The van der Waals surface area contributed by atoms with E-state index in [0.29, 0.717) is 12.0 Å². The van der Waals surface area contributed by atoms with Gasteiger partial charge in [0.25, 0.3) is 0 Å². The zero-order chi connectivity index (χ0) is 12.4. The first-order valence-corrected chi connectivity index (χ1v) is 6.97. The fourth-order valence-electron chi connectivity index (χ4n) is 3.12. The van der Waals surface area contributed by atoms with Crippen LogP contribution in [-0.2, 0) is 0 Å². The van der Waals surface area contributed by atoms with Crippen LogP contribution in [0.2, 0.25) is 0 Å². The lowest BCUT2D eigenvalue weighted by molar-refractivity contribution is 0.203. The van der Waals surface area contributed by atoms with Crippen LogP contribution in [0.1, 0.15) is 24.3 Å². The number of fused-ring (bicyclic) bond motifs is 1. The van der Waals surface area contributed by atoms with E-state index in [-0.39, 0.29) is 0 Å². The van der Waals surface area contributed by atoms with Gasteiger partial charge in [0.2, 0.25) is 0 Å². The minimum Gasteiger partial charge on any atom is -0.493 e. The molecule has 2 aliphatic rings. The van der Waals surface area contributed by atoms with E-state index in [0.717, 1.165) is 31.9 Å². The van der Waals surface area contributed by atoms with Gasteiger partial charge in [-0.3, -0.25) is 0 Å². The van der Waals surface area contributed by atoms with Gasteiger partial charge in [-0.1, -0.05) is 18.2 Å². The Labute approximate surface area is 109 Å². The molecule has 0 bridgehead atoms. The molecule has 0 amide bonds. The Hall–Kier alpha value is -1.06. The summed E-state index contributed by atoms with van der Waals surface area (Å²) in [4.78, 5) is 2.52. The quantitative estimate of drug-likeness (QED) is 0.881. The van der Waals surface area contributed by atoms with Crippen LogP contribution in [0.5, 0.6) is 5.75 Å². The van der Waals surface area contributed by atoms with Gasteiger partial charge < -0.3 is 15.0 Å². The molecule has 98 valence electrons. The van der Waals surface area contributed by atoms with Gasteiger partial charge in [0.05, 0.1) is 6.61 Å². The molecule has 1 aromatic rings. The lowest BCUT2D eigenvalue weighted by Gasteiger charge is -2.32. The molecule has 1 N–H and O–H groups in total. The molecule has 18 heavy (non-hydrogen) atoms. The average molecular weight is 246 g/mol. The molecule has 0 radical (unpaired) electrons. The smallest absolute Gasteiger partial charge is 0.122 e. The Morgan fingerprint density at radius 1 is 1.33 bits per heavy atom. The van der Waals surface area contributed by atoms with Crippen LogP contribution in [0.25, 0.3) is 0 Å². The van der Waals surface area contributed by atoms with E-state index in [4.69, 9.17) is 4.74 Å². The topological polar surface area (TPSA) is 24.5 Å². The Balaban J connectivity index is 1.70. The third-order valence-electron chi connectivity index (χ3n) is 4.25. The number of para-hydroxylation sites is 1. The van der Waals surface area contributed by atoms with E-state index in [2.05, 4.69) is 41.5 Å². The Morgan fingerprint density at radius 2 is 2.22 bits per heavy atom. The van der Waals surface area contributed by atoms with Gasteiger partial charge in [-0.15, -0.1) is 0 Å². The van der Waals surface area contributed by atoms with E-state index in [9.17, 15) is 0 Å². The highest BCUT2D eigenvalue weighted by molar-refractivity contribution is 5.37. The number of nitrogens with zero attached hydrogens (tertiary/aromatic N) is 1. The fourth-order valence-corrected chi connectivity index (χ4v) is 3.12. The molecule has 1 saturated heterocycles. The van der Waals surface area contributed by atoms with Crippen LogP contribution >= 0.6 is 0 Å². The summed E-state index contributed by atoms with van der Waals surface area (Å²) in [5, 5.41) is 3.44. The third kappa shape index (κ3) is 2.38. The zero-order valence-electron chi connectivity index (χ0n) is 11.1. The van der Waals surface area contributed by atoms with Crippen LogP contribution in [0, 0.1) is 0 Å². The monoisotopic (exact) mass is 246 g/mol. The van der Waals surface area contributed by atoms with Crippen molar-refractivity contribution in [1.82, 2.24) is 10.2 Å². The highest BCUT2D eigenvalue weighted by atomic mass is 16.5. The van der Waals surface area contributed by atoms with E-state index in [1.54, 1.807) is 0 Å². The molecule has 2 unspecified atom stereocenters. The summed E-state index contributed by atoms with van der Waals surface area (Å²) in [6.07, 6.45) is 2.42. The predicted octanol–water partition coefficient (Wildman–Crippen LogP) is 1.85. The van der Waals surface area contributed by atoms with Gasteiger partial charge in [-0.2, -0.15) is 0 Å². The van der Waals surface area contributed by atoms with Crippen LogP contribution in [0.3, 0.4) is 0 Å². The Bertz CT molecular complexity index is 401. The Morgan fingerprint density at radius 3 is 3.06 bits per heavy atom. The van der Waals surface area contributed by atoms with Crippen molar-refractivity contribution in [3.05, 3.63) is 29.8 Å². The van der Waals surface area contributed by atoms with Crippen molar-refractivity contribution in [3.63, 3.8) is 0 Å². The van der Waals surface area contributed by atoms with Gasteiger partial charge in [-0.05, 0) is 38.1 Å². The van der Waals surface area contributed by atoms with Crippen molar-refractivity contribution in [3.8, 4) is 5.75 Å². The summed E-state index contributed by atoms with van der Waals surface area (Å²) in [5.74, 6) is 1.72. The summed E-state index contributed by atoms with van der Waals surface area (Å²) in [7, 11) is 2.26. The summed E-state index contributed by atoms with van der Waals surface area (Å²) in [6, 6.07) is 9.21. The van der Waals surface area contributed by atoms with Crippen molar-refractivity contribution in [1.29, 1.82) is 0 Å². The van der Waals surface area contributed by atoms with Crippen LogP contribution in [0.4, 0.5) is 0 Å². The first-order valence-electron chi connectivity index (χ1n) is 6.97. The average Bonchev–Trinajstić information content (AvgIpc) is 2.93. The maximum absolute atomic E-state index is 5.73. The molecule has 1 fully saturated rings. The van der Waals surface area contributed by atoms with Gasteiger partial charge in [0.15, 0.2) is 0 Å². The van der Waals surface area contributed by atoms with Gasteiger partial charge >= 0.3 is 0 Å². The first kappa shape index (κ1) is 12.0. The summed E-state index contributed by atoms with van der Waals surface area (Å²) in [6.45, 7) is 4.31. The SMILES string of the molecule is CN(CC1CCOc2ccccc21)C1CCNC1. The number of ether oxygens (including phenoxy) is 1. The summed E-state index contributed by atoms with van der Waals surface area (Å²) >= 11 is 0. The van der Waals surface area contributed by atoms with Crippen LogP contribution in [0.15, 0.2) is 24.3 Å². The fraction of sp³-hybridized carbons (Fsp3) is 0.600. The highest BCUT2D eigenvalue weighted by Gasteiger charge is 2.26. The number of rotatable bonds is 3. The van der Waals surface area contributed by atoms with Crippen molar-refractivity contribution < 1.29 is 4.74 Å². The lowest BCUT2D eigenvalue weighted by Crippen LogP contribution is -2.37. The molecular weight excluding hydrogens is 224 g/mol. The molecule has 2 atom stereocenters. The molecule has 0 aromatic heterocycles. The number of hydrogen-bond donors (Lipinski definition) is 1. The van der Waals surface area contributed by atoms with Crippen molar-refractivity contribution in [2.24, 2.45) is 0 Å². The van der Waals surface area contributed by atoms with Crippen LogP contribution < -0.4 is 10.1 Å². The minimum atomic E-state index is 0.626. The molecule has 0 saturated carbocycles. The number of nitrogens with one attached hydrogen (secondary N) is 1. The van der Waals surface area contributed by atoms with E-state index in [1.165, 1.54) is 18.5 Å². The number of likely N-dealkylation sites (N-methyl/N-ethyl adjacent to an activating group) is 1. The second-order valence-electron chi connectivity index (χ2n) is 5.46. The van der Waals surface area contributed by atoms with E-state index >= 15 is 0 Å². The van der Waals surface area contributed by atoms with Crippen molar-refractivity contribution >= 4 is 0 Å². The lowest BCUT2D eigenvalue weighted by atomic mass is 9.92. The summed E-state index contributed by atoms with van der Waals surface area (Å²) < 4.78 is 5.73. The highest BCUT2D eigenvalue weighted by Crippen LogP contribution is 2.34. The third-order valence-corrected chi connectivity index (χ3v) is 4.25. The molecule has 3 nitrogen and oxygen atoms in total. The molecule has 2 heterocycles. The van der Waals surface area contributed by atoms with Crippen LogP contribution in [-0.4, -0.2) is 44.2 Å². The molecular formula is C15H22N2O. The second-order valence-corrected chi connectivity index (χ2v) is 5.46. The van der Waals surface area contributed by atoms with Crippen molar-refractivity contribution in [2.75, 3.05) is 33.3 Å². The van der Waals surface area contributed by atoms with Crippen molar-refractivity contribution in [2.45, 2.75) is 24.8 Å². The summed E-state index contributed by atoms with van der Waals surface area (Å²) in [5.41, 5.74) is 1.39. The number of hydrogen-bond acceptors (Lipinski definition) is 3. The van der Waals surface area contributed by atoms with Gasteiger partial charge in [-0.25, -0.2) is 0 Å². The molecule has 0 spiro atoms. The standard InChI is InChI=1S/C15H22N2O/c1-17(13-6-8-16-10-13)11-12-7-9-18-15-5-3-2-4-14(12)15/h2-5,12-13,16H,6-11H2,1H3. The maximum atomic E-state index is 5.73. The zero-order valence-corrected chi connectivity index (χ0v) is 11.1. The molecule has 2 aliphatic heterocycles. The normalized spacial score (nSPS) is 27.0. The number of benzene rings is 1. The van der Waals surface area contributed by atoms with E-state index < -0.39 is 0 Å². The van der Waals surface area contributed by atoms with Gasteiger partial charge in [0, 0.05) is 25.0 Å². The maximum Gasteiger partial charge on any atom is 0.122 e. The second kappa shape index (κ2) is 5.29. The predicted molar refractivity (Wildman–Crippen MR) is 73.2 cm³/mol. The molecule has 3 rings (SSSR count).